The molecule has 0 rings (SSSR count). The fourth-order valence-corrected chi connectivity index (χ4v) is 0.567. The van der Waals surface area contributed by atoms with Gasteiger partial charge in [-0.3, -0.25) is 4.79 Å². The maximum absolute atomic E-state index is 10.2. The lowest BCUT2D eigenvalue weighted by molar-refractivity contribution is -0.141. The zero-order valence-corrected chi connectivity index (χ0v) is 6.20. The molecule has 0 fully saturated rings. The molecule has 0 aliphatic carbocycles. The van der Waals surface area contributed by atoms with Crippen LogP contribution >= 0.6 is 0 Å². The van der Waals surface area contributed by atoms with E-state index in [1.54, 1.807) is 13.8 Å². The van der Waals surface area contributed by atoms with Gasteiger partial charge in [0.15, 0.2) is 0 Å². The van der Waals surface area contributed by atoms with Gasteiger partial charge in [0, 0.05) is 6.61 Å². The van der Waals surface area contributed by atoms with Crippen LogP contribution in [0, 0.1) is 0 Å². The molecule has 0 amide bonds. The van der Waals surface area contributed by atoms with Crippen molar-refractivity contribution < 1.29 is 14.6 Å². The van der Waals surface area contributed by atoms with Crippen molar-refractivity contribution in [3.63, 3.8) is 0 Å². The molecule has 4 heteroatoms. The summed E-state index contributed by atoms with van der Waals surface area (Å²) in [6, 6.07) is -0.917. The summed E-state index contributed by atoms with van der Waals surface area (Å²) >= 11 is 0. The smallest absolute Gasteiger partial charge is 0.323 e. The third-order valence-corrected chi connectivity index (χ3v) is 1.22. The molecule has 1 unspecified atom stereocenters. The van der Waals surface area contributed by atoms with Gasteiger partial charge >= 0.3 is 5.97 Å². The van der Waals surface area contributed by atoms with Gasteiger partial charge in [0.2, 0.25) is 0 Å². The van der Waals surface area contributed by atoms with Gasteiger partial charge in [0.25, 0.3) is 0 Å². The molecule has 2 atom stereocenters. The molecule has 3 N–H and O–H groups in total. The Hall–Kier alpha value is -0.610. The first-order valence-corrected chi connectivity index (χ1v) is 3.19. The van der Waals surface area contributed by atoms with Crippen molar-refractivity contribution in [1.82, 2.24) is 0 Å². The van der Waals surface area contributed by atoms with Crippen LogP contribution < -0.4 is 5.73 Å². The number of hydrogen-bond acceptors (Lipinski definition) is 3. The fourth-order valence-electron chi connectivity index (χ4n) is 0.567. The Morgan fingerprint density at radius 1 is 1.80 bits per heavy atom. The van der Waals surface area contributed by atoms with Gasteiger partial charge in [-0.25, -0.2) is 0 Å². The maximum Gasteiger partial charge on any atom is 0.323 e. The van der Waals surface area contributed by atoms with Gasteiger partial charge in [0.1, 0.15) is 6.04 Å². The highest BCUT2D eigenvalue weighted by Crippen LogP contribution is 1.95. The van der Waals surface area contributed by atoms with E-state index in [2.05, 4.69) is 0 Å². The molecule has 10 heavy (non-hydrogen) atoms. The van der Waals surface area contributed by atoms with Gasteiger partial charge in [-0.15, -0.1) is 0 Å². The van der Waals surface area contributed by atoms with E-state index in [4.69, 9.17) is 15.6 Å². The van der Waals surface area contributed by atoms with Crippen molar-refractivity contribution in [3.8, 4) is 0 Å². The number of carboxylic acids is 1. The van der Waals surface area contributed by atoms with Crippen LogP contribution in [0.2, 0.25) is 0 Å². The molecule has 0 saturated carbocycles. The molecular formula is C6H13NO3. The molecule has 0 heterocycles. The lowest BCUT2D eigenvalue weighted by Crippen LogP contribution is -2.41. The highest BCUT2D eigenvalue weighted by Gasteiger charge is 2.19. The van der Waals surface area contributed by atoms with Crippen LogP contribution in [-0.2, 0) is 9.53 Å². The maximum atomic E-state index is 10.2. The Balaban J connectivity index is 3.69. The lowest BCUT2D eigenvalue weighted by Gasteiger charge is -2.14. The number of carboxylic acid groups (broad SMARTS) is 1. The van der Waals surface area contributed by atoms with E-state index < -0.39 is 18.1 Å². The van der Waals surface area contributed by atoms with Gasteiger partial charge < -0.3 is 15.6 Å². The van der Waals surface area contributed by atoms with E-state index in [9.17, 15) is 4.79 Å². The zero-order chi connectivity index (χ0) is 8.15. The molecule has 0 aliphatic rings. The molecular weight excluding hydrogens is 134 g/mol. The summed E-state index contributed by atoms with van der Waals surface area (Å²) in [5, 5.41) is 8.37. The van der Waals surface area contributed by atoms with Crippen LogP contribution in [0.25, 0.3) is 0 Å². The first-order valence-electron chi connectivity index (χ1n) is 3.19. The monoisotopic (exact) mass is 147 g/mol. The molecule has 0 saturated heterocycles. The summed E-state index contributed by atoms with van der Waals surface area (Å²) in [6.45, 7) is 3.93. The SMILES string of the molecule is CCOC(C)[C@H](N)C(=O)O. The summed E-state index contributed by atoms with van der Waals surface area (Å²) in [4.78, 5) is 10.2. The summed E-state index contributed by atoms with van der Waals surface area (Å²) in [7, 11) is 0. The minimum atomic E-state index is -1.03. The zero-order valence-electron chi connectivity index (χ0n) is 6.20. The number of carbonyl (C=O) groups is 1. The fraction of sp³-hybridized carbons (Fsp3) is 0.833. The standard InChI is InChI=1S/C6H13NO3/c1-3-10-4(2)5(7)6(8)9/h4-5H,3,7H2,1-2H3,(H,8,9)/t4?,5-/m0/s1. The second kappa shape index (κ2) is 4.24. The lowest BCUT2D eigenvalue weighted by atomic mass is 10.2. The third-order valence-electron chi connectivity index (χ3n) is 1.22. The minimum absolute atomic E-state index is 0.414. The highest BCUT2D eigenvalue weighted by atomic mass is 16.5. The van der Waals surface area contributed by atoms with Crippen molar-refractivity contribution >= 4 is 5.97 Å². The molecule has 0 spiro atoms. The summed E-state index contributed by atoms with van der Waals surface area (Å²) < 4.78 is 4.96. The summed E-state index contributed by atoms with van der Waals surface area (Å²) in [5.41, 5.74) is 5.22. The number of nitrogens with two attached hydrogens (primary N) is 1. The first kappa shape index (κ1) is 9.39. The minimum Gasteiger partial charge on any atom is -0.480 e. The van der Waals surface area contributed by atoms with Crippen LogP contribution in [0.5, 0.6) is 0 Å². The van der Waals surface area contributed by atoms with Crippen molar-refractivity contribution in [2.75, 3.05) is 6.61 Å². The normalized spacial score (nSPS) is 16.3. The van der Waals surface area contributed by atoms with Crippen LogP contribution in [0.3, 0.4) is 0 Å². The predicted octanol–water partition coefficient (Wildman–Crippen LogP) is -0.177. The Bertz CT molecular complexity index is 116. The summed E-state index contributed by atoms with van der Waals surface area (Å²) in [6.07, 6.45) is -0.414. The van der Waals surface area contributed by atoms with E-state index in [0.717, 1.165) is 0 Å². The number of rotatable bonds is 4. The van der Waals surface area contributed by atoms with Gasteiger partial charge in [-0.05, 0) is 13.8 Å². The molecule has 4 nitrogen and oxygen atoms in total. The van der Waals surface area contributed by atoms with Crippen molar-refractivity contribution in [1.29, 1.82) is 0 Å². The third kappa shape index (κ3) is 2.80. The quantitative estimate of drug-likeness (QED) is 0.578. The molecule has 60 valence electrons. The van der Waals surface area contributed by atoms with Gasteiger partial charge in [-0.1, -0.05) is 0 Å². The Labute approximate surface area is 60.0 Å². The topological polar surface area (TPSA) is 72.5 Å². The van der Waals surface area contributed by atoms with Gasteiger partial charge in [0.05, 0.1) is 6.10 Å². The summed E-state index contributed by atoms with van der Waals surface area (Å²) in [5.74, 6) is -1.03. The average molecular weight is 147 g/mol. The molecule has 0 aromatic rings. The van der Waals surface area contributed by atoms with Crippen molar-refractivity contribution in [3.05, 3.63) is 0 Å². The highest BCUT2D eigenvalue weighted by molar-refractivity contribution is 5.73. The van der Waals surface area contributed by atoms with Crippen LogP contribution in [0.15, 0.2) is 0 Å². The van der Waals surface area contributed by atoms with E-state index in [1.165, 1.54) is 0 Å². The average Bonchev–Trinajstić information content (AvgIpc) is 1.87. The van der Waals surface area contributed by atoms with E-state index >= 15 is 0 Å². The Morgan fingerprint density at radius 3 is 2.60 bits per heavy atom. The van der Waals surface area contributed by atoms with Crippen LogP contribution in [-0.4, -0.2) is 29.8 Å². The Morgan fingerprint density at radius 2 is 2.30 bits per heavy atom. The predicted molar refractivity (Wildman–Crippen MR) is 36.7 cm³/mol. The largest absolute Gasteiger partial charge is 0.480 e. The van der Waals surface area contributed by atoms with Crippen molar-refractivity contribution in [2.24, 2.45) is 5.73 Å². The molecule has 0 aromatic carbocycles. The molecule has 0 bridgehead atoms. The Kier molecular flexibility index (Phi) is 3.99. The molecule has 0 radical (unpaired) electrons. The molecule has 0 aliphatic heterocycles. The van der Waals surface area contributed by atoms with Crippen LogP contribution in [0.4, 0.5) is 0 Å². The van der Waals surface area contributed by atoms with Crippen LogP contribution in [0.1, 0.15) is 13.8 Å². The molecule has 0 aromatic heterocycles. The van der Waals surface area contributed by atoms with E-state index in [0.29, 0.717) is 6.61 Å². The second-order valence-electron chi connectivity index (χ2n) is 2.02. The number of aliphatic carboxylic acids is 1. The number of ether oxygens (including phenoxy) is 1. The number of hydrogen-bond donors (Lipinski definition) is 2. The first-order chi connectivity index (χ1) is 4.59. The van der Waals surface area contributed by atoms with Gasteiger partial charge in [-0.2, -0.15) is 0 Å². The van der Waals surface area contributed by atoms with Crippen molar-refractivity contribution in [2.45, 2.75) is 26.0 Å². The van der Waals surface area contributed by atoms with E-state index in [-0.39, 0.29) is 0 Å². The second-order valence-corrected chi connectivity index (χ2v) is 2.02. The van der Waals surface area contributed by atoms with E-state index in [1.807, 2.05) is 0 Å².